The third-order valence-corrected chi connectivity index (χ3v) is 1.26. The van der Waals surface area contributed by atoms with E-state index >= 15 is 0 Å². The fourth-order valence-corrected chi connectivity index (χ4v) is 0.656. The summed E-state index contributed by atoms with van der Waals surface area (Å²) in [6.07, 6.45) is 0.911. The largest absolute Gasteiger partial charge is 0.464 e. The van der Waals surface area contributed by atoms with Crippen molar-refractivity contribution in [2.24, 2.45) is 0 Å². The second-order valence-corrected chi connectivity index (χ2v) is 2.41. The van der Waals surface area contributed by atoms with Crippen molar-refractivity contribution in [3.05, 3.63) is 12.7 Å². The van der Waals surface area contributed by atoms with E-state index in [4.69, 9.17) is 4.74 Å². The Morgan fingerprint density at radius 2 is 2.14 bits per heavy atom. The summed E-state index contributed by atoms with van der Waals surface area (Å²) < 4.78 is 13.9. The molecule has 0 rings (SSSR count). The molecule has 0 aliphatic rings. The number of carbonyl (C=O) groups excluding carboxylic acids is 2. The second-order valence-electron chi connectivity index (χ2n) is 2.41. The summed E-state index contributed by atoms with van der Waals surface area (Å²) in [7, 11) is 1.19. The van der Waals surface area contributed by atoms with Gasteiger partial charge in [-0.2, -0.15) is 0 Å². The molecule has 0 aliphatic heterocycles. The smallest absolute Gasteiger partial charge is 0.376 e. The molecular weight excluding hydrogens is 188 g/mol. The third kappa shape index (κ3) is 5.31. The summed E-state index contributed by atoms with van der Waals surface area (Å²) in [4.78, 5) is 21.6. The van der Waals surface area contributed by atoms with Gasteiger partial charge in [0, 0.05) is 6.92 Å². The van der Waals surface area contributed by atoms with E-state index in [0.29, 0.717) is 6.42 Å². The molecule has 5 heteroatoms. The average molecular weight is 202 g/mol. The predicted octanol–water partition coefficient (Wildman–Crippen LogP) is 0.641. The lowest BCUT2D eigenvalue weighted by Crippen LogP contribution is -2.30. The summed E-state index contributed by atoms with van der Waals surface area (Å²) in [5.74, 6) is -1.33. The highest BCUT2D eigenvalue weighted by molar-refractivity contribution is 5.77. The van der Waals surface area contributed by atoms with Crippen LogP contribution in [0.2, 0.25) is 0 Å². The summed E-state index contributed by atoms with van der Waals surface area (Å²) in [5, 5.41) is 0. The van der Waals surface area contributed by atoms with Crippen LogP contribution in [0.25, 0.3) is 0 Å². The van der Waals surface area contributed by atoms with Crippen LogP contribution in [-0.4, -0.2) is 31.9 Å². The van der Waals surface area contributed by atoms with Gasteiger partial charge in [0.25, 0.3) is 0 Å². The molecule has 0 saturated carbocycles. The maximum Gasteiger partial charge on any atom is 0.376 e. The minimum Gasteiger partial charge on any atom is -0.464 e. The van der Waals surface area contributed by atoms with Gasteiger partial charge in [-0.25, -0.2) is 4.79 Å². The zero-order valence-corrected chi connectivity index (χ0v) is 8.32. The molecule has 0 heterocycles. The van der Waals surface area contributed by atoms with Crippen molar-refractivity contribution in [1.29, 1.82) is 0 Å². The summed E-state index contributed by atoms with van der Waals surface area (Å²) in [6, 6.07) is 0. The topological polar surface area (TPSA) is 61.8 Å². The van der Waals surface area contributed by atoms with Gasteiger partial charge in [-0.15, -0.1) is 6.58 Å². The number of esters is 2. The van der Waals surface area contributed by atoms with E-state index in [0.717, 1.165) is 0 Å². The van der Waals surface area contributed by atoms with E-state index < -0.39 is 18.2 Å². The van der Waals surface area contributed by atoms with Gasteiger partial charge in [0.2, 0.25) is 0 Å². The Hall–Kier alpha value is -1.36. The van der Waals surface area contributed by atoms with E-state index in [1.54, 1.807) is 6.08 Å². The SMILES string of the molecule is C=CCCO[C@H](OC(C)=O)C(=O)OC. The highest BCUT2D eigenvalue weighted by atomic mass is 16.7. The van der Waals surface area contributed by atoms with Crippen LogP contribution in [-0.2, 0) is 23.8 Å². The summed E-state index contributed by atoms with van der Waals surface area (Å²) in [5.41, 5.74) is 0. The van der Waals surface area contributed by atoms with Gasteiger partial charge < -0.3 is 14.2 Å². The Bertz CT molecular complexity index is 211. The van der Waals surface area contributed by atoms with Crippen molar-refractivity contribution in [2.45, 2.75) is 19.6 Å². The quantitative estimate of drug-likeness (QED) is 0.274. The first kappa shape index (κ1) is 12.6. The predicted molar refractivity (Wildman–Crippen MR) is 48.3 cm³/mol. The monoisotopic (exact) mass is 202 g/mol. The normalized spacial score (nSPS) is 11.6. The van der Waals surface area contributed by atoms with Crippen molar-refractivity contribution < 1.29 is 23.8 Å². The van der Waals surface area contributed by atoms with E-state index in [1.807, 2.05) is 0 Å². The Kier molecular flexibility index (Phi) is 6.39. The zero-order chi connectivity index (χ0) is 11.0. The van der Waals surface area contributed by atoms with Crippen molar-refractivity contribution in [1.82, 2.24) is 0 Å². The van der Waals surface area contributed by atoms with E-state index in [2.05, 4.69) is 16.1 Å². The molecule has 0 fully saturated rings. The van der Waals surface area contributed by atoms with Gasteiger partial charge in [0.05, 0.1) is 13.7 Å². The average Bonchev–Trinajstić information content (AvgIpc) is 2.15. The van der Waals surface area contributed by atoms with Gasteiger partial charge in [-0.1, -0.05) is 6.08 Å². The van der Waals surface area contributed by atoms with Gasteiger partial charge in [0.1, 0.15) is 0 Å². The van der Waals surface area contributed by atoms with Gasteiger partial charge >= 0.3 is 18.2 Å². The molecule has 0 bridgehead atoms. The first-order chi connectivity index (χ1) is 6.61. The number of methoxy groups -OCH3 is 1. The molecular formula is C9H14O5. The maximum absolute atomic E-state index is 11.0. The first-order valence-electron chi connectivity index (χ1n) is 4.09. The summed E-state index contributed by atoms with van der Waals surface area (Å²) >= 11 is 0. The highest BCUT2D eigenvalue weighted by Gasteiger charge is 2.22. The molecule has 0 aliphatic carbocycles. The fraction of sp³-hybridized carbons (Fsp3) is 0.556. The Balaban J connectivity index is 4.03. The Morgan fingerprint density at radius 3 is 2.57 bits per heavy atom. The number of carbonyl (C=O) groups is 2. The Labute approximate surface area is 82.6 Å². The molecule has 0 aromatic carbocycles. The van der Waals surface area contributed by atoms with Crippen LogP contribution < -0.4 is 0 Å². The van der Waals surface area contributed by atoms with Crippen LogP contribution in [0.5, 0.6) is 0 Å². The highest BCUT2D eigenvalue weighted by Crippen LogP contribution is 1.99. The second kappa shape index (κ2) is 7.08. The first-order valence-corrected chi connectivity index (χ1v) is 4.09. The van der Waals surface area contributed by atoms with Crippen molar-refractivity contribution in [2.75, 3.05) is 13.7 Å². The van der Waals surface area contributed by atoms with Crippen molar-refractivity contribution in [3.8, 4) is 0 Å². The van der Waals surface area contributed by atoms with Crippen LogP contribution in [0.15, 0.2) is 12.7 Å². The lowest BCUT2D eigenvalue weighted by atomic mass is 10.4. The minimum atomic E-state index is -1.28. The van der Waals surface area contributed by atoms with Crippen LogP contribution in [0.4, 0.5) is 0 Å². The molecule has 0 spiro atoms. The number of hydrogen-bond donors (Lipinski definition) is 0. The van der Waals surface area contributed by atoms with Gasteiger partial charge in [-0.3, -0.25) is 4.79 Å². The van der Waals surface area contributed by atoms with Crippen LogP contribution in [0, 0.1) is 0 Å². The lowest BCUT2D eigenvalue weighted by molar-refractivity contribution is -0.197. The lowest BCUT2D eigenvalue weighted by Gasteiger charge is -2.14. The van der Waals surface area contributed by atoms with E-state index in [1.165, 1.54) is 14.0 Å². The number of hydrogen-bond acceptors (Lipinski definition) is 5. The standard InChI is InChI=1S/C9H14O5/c1-4-5-6-13-9(8(11)12-3)14-7(2)10/h4,9H,1,5-6H2,2-3H3/t9-/m1/s1. The molecule has 0 radical (unpaired) electrons. The fourth-order valence-electron chi connectivity index (χ4n) is 0.656. The van der Waals surface area contributed by atoms with Crippen LogP contribution >= 0.6 is 0 Å². The van der Waals surface area contributed by atoms with Crippen LogP contribution in [0.1, 0.15) is 13.3 Å². The van der Waals surface area contributed by atoms with E-state index in [-0.39, 0.29) is 6.61 Å². The molecule has 0 aromatic heterocycles. The summed E-state index contributed by atoms with van der Waals surface area (Å²) in [6.45, 7) is 4.91. The minimum absolute atomic E-state index is 0.247. The molecule has 80 valence electrons. The van der Waals surface area contributed by atoms with E-state index in [9.17, 15) is 9.59 Å². The number of ether oxygens (including phenoxy) is 3. The molecule has 1 atom stereocenters. The van der Waals surface area contributed by atoms with Gasteiger partial charge in [0.15, 0.2) is 0 Å². The molecule has 0 saturated heterocycles. The zero-order valence-electron chi connectivity index (χ0n) is 8.32. The van der Waals surface area contributed by atoms with Crippen molar-refractivity contribution in [3.63, 3.8) is 0 Å². The van der Waals surface area contributed by atoms with Crippen molar-refractivity contribution >= 4 is 11.9 Å². The Morgan fingerprint density at radius 1 is 1.50 bits per heavy atom. The van der Waals surface area contributed by atoms with Crippen LogP contribution in [0.3, 0.4) is 0 Å². The molecule has 0 N–H and O–H groups in total. The molecule has 0 aromatic rings. The molecule has 0 amide bonds. The molecule has 14 heavy (non-hydrogen) atoms. The van der Waals surface area contributed by atoms with Gasteiger partial charge in [-0.05, 0) is 6.42 Å². The molecule has 0 unspecified atom stereocenters. The third-order valence-electron chi connectivity index (χ3n) is 1.26. The maximum atomic E-state index is 11.0. The molecule has 5 nitrogen and oxygen atoms in total. The number of rotatable bonds is 6.